The molecule has 0 aromatic heterocycles. The minimum Gasteiger partial charge on any atom is -0.462 e. The molecule has 0 fully saturated rings. The van der Waals surface area contributed by atoms with Crippen LogP contribution in [-0.4, -0.2) is 96.7 Å². The Labute approximate surface area is 492 Å². The number of aliphatic hydroxyl groups is 1. The van der Waals surface area contributed by atoms with Gasteiger partial charge in [0, 0.05) is 25.7 Å². The van der Waals surface area contributed by atoms with E-state index in [1.165, 1.54) is 89.9 Å². The van der Waals surface area contributed by atoms with Crippen molar-refractivity contribution in [1.82, 2.24) is 0 Å². The molecule has 0 radical (unpaired) electrons. The van der Waals surface area contributed by atoms with Crippen LogP contribution in [0, 0.1) is 17.8 Å². The third-order valence-electron chi connectivity index (χ3n) is 14.9. The minimum atomic E-state index is -4.94. The zero-order chi connectivity index (χ0) is 60.3. The number of esters is 4. The fourth-order valence-electron chi connectivity index (χ4n) is 9.06. The molecular formula is C62H120O17P2. The van der Waals surface area contributed by atoms with Crippen molar-refractivity contribution in [2.45, 2.75) is 317 Å². The molecule has 0 aromatic carbocycles. The molecule has 0 aliphatic rings. The highest BCUT2D eigenvalue weighted by atomic mass is 31.2. The van der Waals surface area contributed by atoms with Crippen molar-refractivity contribution in [1.29, 1.82) is 0 Å². The zero-order valence-electron chi connectivity index (χ0n) is 52.2. The van der Waals surface area contributed by atoms with Crippen LogP contribution < -0.4 is 0 Å². The average Bonchev–Trinajstić information content (AvgIpc) is 3.43. The predicted molar refractivity (Wildman–Crippen MR) is 321 cm³/mol. The summed E-state index contributed by atoms with van der Waals surface area (Å²) in [7, 11) is -9.88. The third-order valence-corrected chi connectivity index (χ3v) is 16.8. The van der Waals surface area contributed by atoms with E-state index >= 15 is 0 Å². The number of carbonyl (C=O) groups is 4. The van der Waals surface area contributed by atoms with Gasteiger partial charge in [-0.25, -0.2) is 9.13 Å². The molecule has 0 heterocycles. The summed E-state index contributed by atoms with van der Waals surface area (Å²) < 4.78 is 67.8. The maximum atomic E-state index is 13.0. The molecule has 81 heavy (non-hydrogen) atoms. The van der Waals surface area contributed by atoms with Crippen molar-refractivity contribution in [3.05, 3.63) is 0 Å². The lowest BCUT2D eigenvalue weighted by atomic mass is 10.00. The average molecular weight is 1200 g/mol. The largest absolute Gasteiger partial charge is 0.472 e. The van der Waals surface area contributed by atoms with Gasteiger partial charge in [-0.2, -0.15) is 0 Å². The molecule has 0 saturated carbocycles. The van der Waals surface area contributed by atoms with Crippen molar-refractivity contribution < 1.29 is 80.2 Å². The fraction of sp³-hybridized carbons (Fsp3) is 0.935. The number of phosphoric acid groups is 2. The van der Waals surface area contributed by atoms with Crippen LogP contribution in [0.4, 0.5) is 0 Å². The number of unbranched alkanes of at least 4 members (excludes halogenated alkanes) is 26. The van der Waals surface area contributed by atoms with Gasteiger partial charge in [-0.1, -0.05) is 248 Å². The van der Waals surface area contributed by atoms with E-state index in [-0.39, 0.29) is 25.7 Å². The molecular weight excluding hydrogens is 1080 g/mol. The summed E-state index contributed by atoms with van der Waals surface area (Å²) in [6.45, 7) is 11.6. The fourth-order valence-corrected chi connectivity index (χ4v) is 10.6. The van der Waals surface area contributed by atoms with E-state index in [9.17, 15) is 43.2 Å². The molecule has 7 atom stereocenters. The molecule has 17 nitrogen and oxygen atoms in total. The van der Waals surface area contributed by atoms with Gasteiger partial charge in [-0.15, -0.1) is 0 Å². The minimum absolute atomic E-state index is 0.102. The van der Waals surface area contributed by atoms with Gasteiger partial charge in [0.25, 0.3) is 0 Å². The summed E-state index contributed by atoms with van der Waals surface area (Å²) in [6.07, 6.45) is 33.6. The summed E-state index contributed by atoms with van der Waals surface area (Å²) in [4.78, 5) is 72.0. The number of hydrogen-bond donors (Lipinski definition) is 3. The molecule has 480 valence electrons. The molecule has 0 aromatic rings. The summed E-state index contributed by atoms with van der Waals surface area (Å²) in [6, 6.07) is 0. The smallest absolute Gasteiger partial charge is 0.462 e. The highest BCUT2D eigenvalue weighted by Gasteiger charge is 2.30. The highest BCUT2D eigenvalue weighted by Crippen LogP contribution is 2.45. The Hall–Kier alpha value is -1.94. The van der Waals surface area contributed by atoms with Crippen LogP contribution in [0.3, 0.4) is 0 Å². The second kappa shape index (κ2) is 53.5. The van der Waals surface area contributed by atoms with Crippen LogP contribution in [0.2, 0.25) is 0 Å². The van der Waals surface area contributed by atoms with Crippen molar-refractivity contribution in [3.8, 4) is 0 Å². The van der Waals surface area contributed by atoms with Crippen LogP contribution in [0.15, 0.2) is 0 Å². The highest BCUT2D eigenvalue weighted by molar-refractivity contribution is 7.47. The summed E-state index contributed by atoms with van der Waals surface area (Å²) in [5.74, 6) is 0.0708. The predicted octanol–water partition coefficient (Wildman–Crippen LogP) is 16.7. The van der Waals surface area contributed by atoms with E-state index in [1.54, 1.807) is 0 Å². The van der Waals surface area contributed by atoms with Crippen LogP contribution in [0.5, 0.6) is 0 Å². The summed E-state index contributed by atoms with van der Waals surface area (Å²) in [5.41, 5.74) is 0. The van der Waals surface area contributed by atoms with E-state index < -0.39 is 97.5 Å². The first-order valence-corrected chi connectivity index (χ1v) is 35.4. The van der Waals surface area contributed by atoms with Gasteiger partial charge in [0.05, 0.1) is 26.4 Å². The molecule has 0 aliphatic heterocycles. The van der Waals surface area contributed by atoms with Crippen molar-refractivity contribution in [2.24, 2.45) is 17.8 Å². The Balaban J connectivity index is 5.23. The Kier molecular flexibility index (Phi) is 52.2. The quantitative estimate of drug-likeness (QED) is 0.0222. The van der Waals surface area contributed by atoms with Crippen LogP contribution in [0.1, 0.15) is 299 Å². The van der Waals surface area contributed by atoms with Gasteiger partial charge in [0.2, 0.25) is 0 Å². The van der Waals surface area contributed by atoms with Crippen molar-refractivity contribution >= 4 is 39.5 Å². The number of rotatable bonds is 60. The Morgan fingerprint density at radius 1 is 0.358 bits per heavy atom. The summed E-state index contributed by atoms with van der Waals surface area (Å²) in [5, 5.41) is 10.5. The number of hydrogen-bond acceptors (Lipinski definition) is 15. The Morgan fingerprint density at radius 3 is 0.938 bits per heavy atom. The van der Waals surface area contributed by atoms with Gasteiger partial charge in [0.15, 0.2) is 12.2 Å². The van der Waals surface area contributed by atoms with E-state index in [0.717, 1.165) is 127 Å². The second-order valence-corrected chi connectivity index (χ2v) is 26.3. The number of aliphatic hydroxyl groups excluding tert-OH is 1. The van der Waals surface area contributed by atoms with Gasteiger partial charge < -0.3 is 33.8 Å². The molecule has 4 unspecified atom stereocenters. The molecule has 0 rings (SSSR count). The second-order valence-electron chi connectivity index (χ2n) is 23.4. The lowest BCUT2D eigenvalue weighted by Gasteiger charge is -2.21. The number of ether oxygens (including phenoxy) is 4. The molecule has 0 spiro atoms. The van der Waals surface area contributed by atoms with Gasteiger partial charge in [0.1, 0.15) is 19.3 Å². The Bertz CT molecular complexity index is 1620. The molecule has 19 heteroatoms. The monoisotopic (exact) mass is 1200 g/mol. The first-order chi connectivity index (χ1) is 38.8. The number of carbonyl (C=O) groups excluding carboxylic acids is 4. The van der Waals surface area contributed by atoms with E-state index in [2.05, 4.69) is 48.5 Å². The van der Waals surface area contributed by atoms with E-state index in [0.29, 0.717) is 25.7 Å². The maximum absolute atomic E-state index is 13.0. The first-order valence-electron chi connectivity index (χ1n) is 32.4. The lowest BCUT2D eigenvalue weighted by molar-refractivity contribution is -0.161. The van der Waals surface area contributed by atoms with Crippen LogP contribution in [-0.2, 0) is 65.4 Å². The van der Waals surface area contributed by atoms with Gasteiger partial charge >= 0.3 is 39.5 Å². The Morgan fingerprint density at radius 2 is 0.630 bits per heavy atom. The topological polar surface area (TPSA) is 237 Å². The van der Waals surface area contributed by atoms with Crippen LogP contribution >= 0.6 is 15.6 Å². The molecule has 0 bridgehead atoms. The van der Waals surface area contributed by atoms with Gasteiger partial charge in [-0.3, -0.25) is 37.3 Å². The van der Waals surface area contributed by atoms with Gasteiger partial charge in [-0.05, 0) is 43.4 Å². The standard InChI is InChI=1S/C62H120O17P2/c1-8-11-12-13-19-29-36-43-59(64)72-49-58(79-62(67)46-39-32-25-23-28-35-42-55(7)10-3)52-77-81(70,71)75-48-56(63)47-74-80(68,69)76-51-57(50-73-60(65)44-37-30-24-22-27-34-41-54(6)9-2)78-61(66)45-38-31-21-18-16-14-15-17-20-26-33-40-53(4)5/h53-58,63H,8-52H2,1-7H3,(H,68,69)(H,70,71)/t54?,55?,56-,57-,58-/m1/s1. The molecule has 0 aliphatic carbocycles. The lowest BCUT2D eigenvalue weighted by Crippen LogP contribution is -2.30. The van der Waals surface area contributed by atoms with Crippen molar-refractivity contribution in [3.63, 3.8) is 0 Å². The third kappa shape index (κ3) is 54.5. The number of phosphoric ester groups is 2. The summed E-state index contributed by atoms with van der Waals surface area (Å²) >= 11 is 0. The molecule has 0 amide bonds. The zero-order valence-corrected chi connectivity index (χ0v) is 54.0. The van der Waals surface area contributed by atoms with Crippen LogP contribution in [0.25, 0.3) is 0 Å². The van der Waals surface area contributed by atoms with E-state index in [4.69, 9.17) is 37.0 Å². The first kappa shape index (κ1) is 79.1. The SMILES string of the molecule is CCCCCCCCCC(=O)OC[C@H](COP(=O)(O)OC[C@H](O)COP(=O)(O)OC[C@@H](COC(=O)CCCCCCCCC(C)CC)OC(=O)CCCCCCCCCCCCCC(C)C)OC(=O)CCCCCCCCC(C)CC. The maximum Gasteiger partial charge on any atom is 0.472 e. The molecule has 0 saturated heterocycles. The van der Waals surface area contributed by atoms with E-state index in [1.807, 2.05) is 0 Å². The normalized spacial score (nSPS) is 15.1. The van der Waals surface area contributed by atoms with Crippen molar-refractivity contribution in [2.75, 3.05) is 39.6 Å². The molecule has 3 N–H and O–H groups in total.